The van der Waals surface area contributed by atoms with Gasteiger partial charge in [0.05, 0.1) is 5.56 Å². The molecule has 20 heavy (non-hydrogen) atoms. The van der Waals surface area contributed by atoms with Gasteiger partial charge in [-0.2, -0.15) is 0 Å². The molecule has 0 aliphatic carbocycles. The van der Waals surface area contributed by atoms with Crippen molar-refractivity contribution in [2.45, 2.75) is 6.54 Å². The van der Waals surface area contributed by atoms with Crippen molar-refractivity contribution in [2.75, 3.05) is 12.0 Å². The van der Waals surface area contributed by atoms with Crippen LogP contribution in [0.25, 0.3) is 11.1 Å². The number of nitrogens with zero attached hydrogens (tertiary/aromatic N) is 1. The number of benzene rings is 1. The van der Waals surface area contributed by atoms with E-state index in [4.69, 9.17) is 11.6 Å². The van der Waals surface area contributed by atoms with Gasteiger partial charge in [-0.25, -0.2) is 4.79 Å². The van der Waals surface area contributed by atoms with Crippen molar-refractivity contribution < 1.29 is 4.21 Å². The fourth-order valence-electron chi connectivity index (χ4n) is 1.82. The summed E-state index contributed by atoms with van der Waals surface area (Å²) < 4.78 is 12.1. The summed E-state index contributed by atoms with van der Waals surface area (Å²) >= 11 is 5.98. The monoisotopic (exact) mass is 312 g/mol. The summed E-state index contributed by atoms with van der Waals surface area (Å²) in [6, 6.07) is 8.86. The van der Waals surface area contributed by atoms with Gasteiger partial charge in [0.2, 0.25) is 0 Å². The summed E-state index contributed by atoms with van der Waals surface area (Å²) in [6.45, 7) is 0.0915. The van der Waals surface area contributed by atoms with Gasteiger partial charge in [-0.15, -0.1) is 0 Å². The van der Waals surface area contributed by atoms with E-state index in [0.717, 1.165) is 4.57 Å². The Morgan fingerprint density at radius 1 is 1.25 bits per heavy atom. The molecular weight excluding hydrogens is 300 g/mol. The van der Waals surface area contributed by atoms with Crippen LogP contribution in [0.4, 0.5) is 0 Å². The molecule has 0 amide bonds. The highest BCUT2D eigenvalue weighted by atomic mass is 35.5. The van der Waals surface area contributed by atoms with Crippen molar-refractivity contribution >= 4 is 22.4 Å². The quantitative estimate of drug-likeness (QED) is 0.863. The largest absolute Gasteiger partial charge is 0.329 e. The van der Waals surface area contributed by atoms with Crippen molar-refractivity contribution in [2.24, 2.45) is 0 Å². The average Bonchev–Trinajstić information content (AvgIpc) is 2.38. The van der Waals surface area contributed by atoms with Gasteiger partial charge in [0.15, 0.2) is 0 Å². The second kappa shape index (κ2) is 6.19. The minimum atomic E-state index is -1.08. The Kier molecular flexibility index (Phi) is 4.57. The van der Waals surface area contributed by atoms with Gasteiger partial charge < -0.3 is 0 Å². The first kappa shape index (κ1) is 14.7. The average molecular weight is 313 g/mol. The Bertz CT molecular complexity index is 752. The third kappa shape index (κ3) is 3.08. The number of nitrogens with one attached hydrogen (secondary N) is 1. The molecule has 0 saturated heterocycles. The van der Waals surface area contributed by atoms with Crippen LogP contribution in [-0.4, -0.2) is 25.8 Å². The number of hydrogen-bond donors (Lipinski definition) is 1. The first-order valence-corrected chi connectivity index (χ1v) is 7.99. The van der Waals surface area contributed by atoms with Crippen molar-refractivity contribution in [3.63, 3.8) is 0 Å². The molecule has 1 atom stereocenters. The molecule has 0 spiro atoms. The molecule has 106 valence electrons. The lowest BCUT2D eigenvalue weighted by Crippen LogP contribution is -2.37. The first-order chi connectivity index (χ1) is 9.50. The van der Waals surface area contributed by atoms with E-state index >= 15 is 0 Å². The molecule has 1 aromatic heterocycles. The molecule has 1 unspecified atom stereocenters. The van der Waals surface area contributed by atoms with E-state index in [1.54, 1.807) is 24.3 Å². The summed E-state index contributed by atoms with van der Waals surface area (Å²) in [5, 5.41) is 0.0140. The molecule has 1 heterocycles. The van der Waals surface area contributed by atoms with Crippen molar-refractivity contribution in [3.8, 4) is 11.1 Å². The van der Waals surface area contributed by atoms with Crippen LogP contribution in [0.1, 0.15) is 0 Å². The van der Waals surface area contributed by atoms with Gasteiger partial charge >= 0.3 is 5.69 Å². The van der Waals surface area contributed by atoms with Crippen LogP contribution in [0.3, 0.4) is 0 Å². The van der Waals surface area contributed by atoms with Crippen molar-refractivity contribution in [1.82, 2.24) is 9.55 Å². The Labute approximate surface area is 122 Å². The lowest BCUT2D eigenvalue weighted by Gasteiger charge is -2.08. The lowest BCUT2D eigenvalue weighted by atomic mass is 10.1. The summed E-state index contributed by atoms with van der Waals surface area (Å²) in [5.74, 6) is 0.235. The van der Waals surface area contributed by atoms with Gasteiger partial charge in [0.1, 0.15) is 5.15 Å². The summed E-state index contributed by atoms with van der Waals surface area (Å²) in [5.41, 5.74) is -0.195. The molecule has 0 radical (unpaired) electrons. The standard InChI is InChI=1S/C13H13ClN2O3S/c1-20(19)8-7-16-12(17)10(11(14)15-13(16)18)9-5-3-2-4-6-9/h2-6H,7-8H2,1H3,(H,15,18). The highest BCUT2D eigenvalue weighted by Crippen LogP contribution is 2.20. The summed E-state index contributed by atoms with van der Waals surface area (Å²) in [4.78, 5) is 26.6. The maximum Gasteiger partial charge on any atom is 0.329 e. The fourth-order valence-corrected chi connectivity index (χ4v) is 2.53. The molecule has 2 aromatic rings. The van der Waals surface area contributed by atoms with E-state index < -0.39 is 22.0 Å². The smallest absolute Gasteiger partial charge is 0.297 e. The van der Waals surface area contributed by atoms with E-state index in [1.165, 1.54) is 6.26 Å². The molecule has 2 rings (SSSR count). The molecule has 0 saturated carbocycles. The van der Waals surface area contributed by atoms with Crippen LogP contribution >= 0.6 is 11.6 Å². The highest BCUT2D eigenvalue weighted by Gasteiger charge is 2.14. The summed E-state index contributed by atoms with van der Waals surface area (Å²) in [6.07, 6.45) is 1.52. The van der Waals surface area contributed by atoms with Crippen molar-refractivity contribution in [3.05, 3.63) is 56.3 Å². The van der Waals surface area contributed by atoms with E-state index in [-0.39, 0.29) is 23.0 Å². The number of aromatic nitrogens is 2. The minimum Gasteiger partial charge on any atom is -0.297 e. The number of H-pyrrole nitrogens is 1. The van der Waals surface area contributed by atoms with E-state index in [1.807, 2.05) is 6.07 Å². The second-order valence-corrected chi connectivity index (χ2v) is 6.15. The number of hydrogen-bond acceptors (Lipinski definition) is 3. The predicted molar refractivity (Wildman–Crippen MR) is 80.7 cm³/mol. The van der Waals surface area contributed by atoms with E-state index in [0.29, 0.717) is 5.56 Å². The van der Waals surface area contributed by atoms with E-state index in [9.17, 15) is 13.8 Å². The summed E-state index contributed by atoms with van der Waals surface area (Å²) in [7, 11) is -1.08. The van der Waals surface area contributed by atoms with Gasteiger partial charge in [0.25, 0.3) is 5.56 Å². The SMILES string of the molecule is CS(=O)CCn1c(=O)[nH]c(Cl)c(-c2ccccc2)c1=O. The Hall–Kier alpha value is -1.66. The van der Waals surface area contributed by atoms with Gasteiger partial charge in [-0.1, -0.05) is 41.9 Å². The number of aromatic amines is 1. The van der Waals surface area contributed by atoms with Crippen LogP contribution < -0.4 is 11.2 Å². The third-order valence-corrected chi connectivity index (χ3v) is 3.85. The molecule has 5 nitrogen and oxygen atoms in total. The zero-order valence-electron chi connectivity index (χ0n) is 10.8. The molecule has 0 bridgehead atoms. The maximum absolute atomic E-state index is 12.4. The number of halogens is 1. The van der Waals surface area contributed by atoms with Gasteiger partial charge in [0, 0.05) is 29.4 Å². The Morgan fingerprint density at radius 2 is 1.90 bits per heavy atom. The molecule has 0 aliphatic heterocycles. The highest BCUT2D eigenvalue weighted by molar-refractivity contribution is 7.84. The first-order valence-electron chi connectivity index (χ1n) is 5.88. The molecular formula is C13H13ClN2O3S. The molecule has 1 aromatic carbocycles. The van der Waals surface area contributed by atoms with Crippen LogP contribution in [0.5, 0.6) is 0 Å². The zero-order valence-corrected chi connectivity index (χ0v) is 12.3. The number of rotatable bonds is 4. The molecule has 0 aliphatic rings. The van der Waals surface area contributed by atoms with Gasteiger partial charge in [-0.05, 0) is 5.56 Å². The molecule has 7 heteroatoms. The third-order valence-electron chi connectivity index (χ3n) is 2.81. The maximum atomic E-state index is 12.4. The van der Waals surface area contributed by atoms with Crippen molar-refractivity contribution in [1.29, 1.82) is 0 Å². The minimum absolute atomic E-state index is 0.0140. The Morgan fingerprint density at radius 3 is 2.50 bits per heavy atom. The fraction of sp³-hybridized carbons (Fsp3) is 0.231. The van der Waals surface area contributed by atoms with Crippen LogP contribution in [0.15, 0.2) is 39.9 Å². The van der Waals surface area contributed by atoms with Crippen LogP contribution in [0.2, 0.25) is 5.15 Å². The topological polar surface area (TPSA) is 71.9 Å². The lowest BCUT2D eigenvalue weighted by molar-refractivity contribution is 0.656. The Balaban J connectivity index is 2.59. The molecule has 0 fully saturated rings. The normalized spacial score (nSPS) is 12.3. The zero-order chi connectivity index (χ0) is 14.7. The second-order valence-electron chi connectivity index (χ2n) is 4.22. The van der Waals surface area contributed by atoms with Gasteiger partial charge in [-0.3, -0.25) is 18.6 Å². The van der Waals surface area contributed by atoms with Crippen LogP contribution in [0, 0.1) is 0 Å². The molecule has 1 N–H and O–H groups in total. The predicted octanol–water partition coefficient (Wildman–Crippen LogP) is 1.24. The van der Waals surface area contributed by atoms with E-state index in [2.05, 4.69) is 4.98 Å². The van der Waals surface area contributed by atoms with Crippen LogP contribution in [-0.2, 0) is 17.3 Å².